The molecule has 1 aliphatic heterocycles. The lowest BCUT2D eigenvalue weighted by Crippen LogP contribution is -2.35. The fourth-order valence-electron chi connectivity index (χ4n) is 2.18. The van der Waals surface area contributed by atoms with Crippen molar-refractivity contribution in [2.75, 3.05) is 25.1 Å². The molecule has 0 aromatic carbocycles. The van der Waals surface area contributed by atoms with Gasteiger partial charge in [0.1, 0.15) is 5.82 Å². The Balaban J connectivity index is 2.26. The number of nitrogens with zero attached hydrogens (tertiary/aromatic N) is 2. The van der Waals surface area contributed by atoms with E-state index in [9.17, 15) is 4.79 Å². The van der Waals surface area contributed by atoms with Gasteiger partial charge in [-0.3, -0.25) is 9.69 Å². The highest BCUT2D eigenvalue weighted by Crippen LogP contribution is 2.25. The molecular weight excluding hydrogens is 246 g/mol. The highest BCUT2D eigenvalue weighted by atomic mass is 32.2. The van der Waals surface area contributed by atoms with Crippen molar-refractivity contribution >= 4 is 11.8 Å². The van der Waals surface area contributed by atoms with E-state index in [1.54, 1.807) is 6.07 Å². The number of nitrogens with one attached hydrogen (secondary N) is 1. The Bertz CT molecular complexity index is 458. The van der Waals surface area contributed by atoms with E-state index < -0.39 is 0 Å². The molecule has 0 aliphatic carbocycles. The number of H-pyrrole nitrogens is 1. The van der Waals surface area contributed by atoms with Gasteiger partial charge in [0.15, 0.2) is 0 Å². The quantitative estimate of drug-likeness (QED) is 0.905. The molecule has 1 saturated heterocycles. The second kappa shape index (κ2) is 5.89. The minimum Gasteiger partial charge on any atom is -0.309 e. The van der Waals surface area contributed by atoms with Crippen LogP contribution in [0.3, 0.4) is 0 Å². The molecule has 5 heteroatoms. The monoisotopic (exact) mass is 267 g/mol. The first-order valence-corrected chi connectivity index (χ1v) is 7.60. The Morgan fingerprint density at radius 3 is 3.06 bits per heavy atom. The smallest absolute Gasteiger partial charge is 0.251 e. The third-order valence-corrected chi connectivity index (χ3v) is 4.16. The SMILES string of the molecule is CC(C)Cc1cc(=O)[nH]c(C2CSCCN2C)n1. The van der Waals surface area contributed by atoms with E-state index in [4.69, 9.17) is 0 Å². The maximum Gasteiger partial charge on any atom is 0.251 e. The summed E-state index contributed by atoms with van der Waals surface area (Å²) in [6, 6.07) is 1.86. The zero-order chi connectivity index (χ0) is 13.1. The van der Waals surface area contributed by atoms with Gasteiger partial charge in [0.2, 0.25) is 0 Å². The molecule has 1 unspecified atom stereocenters. The van der Waals surface area contributed by atoms with Crippen molar-refractivity contribution in [1.29, 1.82) is 0 Å². The fraction of sp³-hybridized carbons (Fsp3) is 0.692. The van der Waals surface area contributed by atoms with Crippen LogP contribution in [-0.4, -0.2) is 40.0 Å². The molecule has 2 rings (SSSR count). The third kappa shape index (κ3) is 3.36. The Morgan fingerprint density at radius 1 is 1.61 bits per heavy atom. The molecule has 0 spiro atoms. The van der Waals surface area contributed by atoms with Crippen LogP contribution in [0, 0.1) is 5.92 Å². The van der Waals surface area contributed by atoms with E-state index in [2.05, 4.69) is 35.8 Å². The number of rotatable bonds is 3. The number of hydrogen-bond donors (Lipinski definition) is 1. The van der Waals surface area contributed by atoms with Crippen LogP contribution in [0.25, 0.3) is 0 Å². The summed E-state index contributed by atoms with van der Waals surface area (Å²) >= 11 is 1.92. The highest BCUT2D eigenvalue weighted by molar-refractivity contribution is 7.99. The lowest BCUT2D eigenvalue weighted by atomic mass is 10.1. The Kier molecular flexibility index (Phi) is 4.45. The Labute approximate surface area is 112 Å². The van der Waals surface area contributed by atoms with E-state index in [1.807, 2.05) is 11.8 Å². The topological polar surface area (TPSA) is 49.0 Å². The van der Waals surface area contributed by atoms with E-state index in [0.717, 1.165) is 36.0 Å². The first-order valence-electron chi connectivity index (χ1n) is 6.44. The predicted molar refractivity (Wildman–Crippen MR) is 76.1 cm³/mol. The molecule has 4 nitrogen and oxygen atoms in total. The maximum absolute atomic E-state index is 11.7. The molecule has 2 heterocycles. The predicted octanol–water partition coefficient (Wildman–Crippen LogP) is 1.69. The minimum absolute atomic E-state index is 0.0281. The van der Waals surface area contributed by atoms with Gasteiger partial charge in [-0.25, -0.2) is 4.98 Å². The van der Waals surface area contributed by atoms with Crippen molar-refractivity contribution in [2.45, 2.75) is 26.3 Å². The summed E-state index contributed by atoms with van der Waals surface area (Å²) in [5, 5.41) is 0. The third-order valence-electron chi connectivity index (χ3n) is 3.14. The summed E-state index contributed by atoms with van der Waals surface area (Å²) in [5.74, 6) is 3.51. The van der Waals surface area contributed by atoms with Gasteiger partial charge in [-0.05, 0) is 19.4 Å². The lowest BCUT2D eigenvalue weighted by molar-refractivity contribution is 0.263. The van der Waals surface area contributed by atoms with Crippen LogP contribution in [-0.2, 0) is 6.42 Å². The van der Waals surface area contributed by atoms with Crippen LogP contribution in [0.1, 0.15) is 31.4 Å². The van der Waals surface area contributed by atoms with Crippen LogP contribution in [0.15, 0.2) is 10.9 Å². The Hall–Kier alpha value is -0.810. The standard InChI is InChI=1S/C13H21N3OS/c1-9(2)6-10-7-12(17)15-13(14-10)11-8-18-5-4-16(11)3/h7,9,11H,4-6,8H2,1-3H3,(H,14,15,17). The summed E-state index contributed by atoms with van der Waals surface area (Å²) in [6.07, 6.45) is 0.862. The summed E-state index contributed by atoms with van der Waals surface area (Å²) in [6.45, 7) is 5.34. The second-order valence-corrected chi connectivity index (χ2v) is 6.44. The minimum atomic E-state index is -0.0281. The van der Waals surface area contributed by atoms with Gasteiger partial charge in [-0.2, -0.15) is 11.8 Å². The van der Waals surface area contributed by atoms with E-state index in [1.165, 1.54) is 0 Å². The average Bonchev–Trinajstić information content (AvgIpc) is 2.27. The van der Waals surface area contributed by atoms with Crippen molar-refractivity contribution in [3.63, 3.8) is 0 Å². The summed E-state index contributed by atoms with van der Waals surface area (Å²) < 4.78 is 0. The van der Waals surface area contributed by atoms with E-state index >= 15 is 0 Å². The molecule has 1 fully saturated rings. The summed E-state index contributed by atoms with van der Waals surface area (Å²) in [7, 11) is 2.10. The van der Waals surface area contributed by atoms with Crippen LogP contribution in [0.5, 0.6) is 0 Å². The molecule has 0 radical (unpaired) electrons. The molecule has 1 atom stereocenters. The second-order valence-electron chi connectivity index (χ2n) is 5.29. The first-order chi connectivity index (χ1) is 8.56. The van der Waals surface area contributed by atoms with Crippen molar-refractivity contribution < 1.29 is 0 Å². The van der Waals surface area contributed by atoms with Crippen molar-refractivity contribution in [3.8, 4) is 0 Å². The number of hydrogen-bond acceptors (Lipinski definition) is 4. The number of aromatic nitrogens is 2. The average molecular weight is 267 g/mol. The molecule has 0 saturated carbocycles. The van der Waals surface area contributed by atoms with Crippen LogP contribution in [0.4, 0.5) is 0 Å². The largest absolute Gasteiger partial charge is 0.309 e. The van der Waals surface area contributed by atoms with Crippen molar-refractivity contribution in [3.05, 3.63) is 27.9 Å². The normalized spacial score (nSPS) is 21.4. The fourth-order valence-corrected chi connectivity index (χ4v) is 3.40. The van der Waals surface area contributed by atoms with Crippen LogP contribution >= 0.6 is 11.8 Å². The van der Waals surface area contributed by atoms with Gasteiger partial charge in [-0.1, -0.05) is 13.8 Å². The maximum atomic E-state index is 11.7. The highest BCUT2D eigenvalue weighted by Gasteiger charge is 2.23. The molecule has 1 aromatic heterocycles. The van der Waals surface area contributed by atoms with E-state index in [-0.39, 0.29) is 11.6 Å². The zero-order valence-corrected chi connectivity index (χ0v) is 12.1. The van der Waals surface area contributed by atoms with Gasteiger partial charge in [0.05, 0.1) is 6.04 Å². The van der Waals surface area contributed by atoms with Gasteiger partial charge < -0.3 is 4.98 Å². The molecule has 1 aliphatic rings. The molecule has 1 N–H and O–H groups in total. The van der Waals surface area contributed by atoms with Crippen molar-refractivity contribution in [2.24, 2.45) is 5.92 Å². The van der Waals surface area contributed by atoms with Gasteiger partial charge in [0.25, 0.3) is 5.56 Å². The molecule has 100 valence electrons. The van der Waals surface area contributed by atoms with Crippen molar-refractivity contribution in [1.82, 2.24) is 14.9 Å². The lowest BCUT2D eigenvalue weighted by Gasteiger charge is -2.31. The van der Waals surface area contributed by atoms with Crippen LogP contribution < -0.4 is 5.56 Å². The number of thioether (sulfide) groups is 1. The molecule has 0 bridgehead atoms. The zero-order valence-electron chi connectivity index (χ0n) is 11.3. The summed E-state index contributed by atoms with van der Waals surface area (Å²) in [4.78, 5) is 21.5. The molecule has 0 amide bonds. The summed E-state index contributed by atoms with van der Waals surface area (Å²) in [5.41, 5.74) is 0.882. The molecule has 18 heavy (non-hydrogen) atoms. The van der Waals surface area contributed by atoms with Gasteiger partial charge >= 0.3 is 0 Å². The van der Waals surface area contributed by atoms with Crippen LogP contribution in [0.2, 0.25) is 0 Å². The van der Waals surface area contributed by atoms with Gasteiger partial charge in [0, 0.05) is 29.8 Å². The Morgan fingerprint density at radius 2 is 2.39 bits per heavy atom. The number of aromatic amines is 1. The molecule has 1 aromatic rings. The van der Waals surface area contributed by atoms with E-state index in [0.29, 0.717) is 5.92 Å². The van der Waals surface area contributed by atoms with Gasteiger partial charge in [-0.15, -0.1) is 0 Å². The first kappa shape index (κ1) is 13.6. The molecular formula is C13H21N3OS.